The molecule has 0 radical (unpaired) electrons. The Balaban J connectivity index is 1.57. The number of aromatic nitrogens is 4. The van der Waals surface area contributed by atoms with Crippen molar-refractivity contribution in [1.82, 2.24) is 24.5 Å². The van der Waals surface area contributed by atoms with E-state index in [1.54, 1.807) is 29.2 Å². The number of likely N-dealkylation sites (tertiary alicyclic amines) is 1. The average molecular weight is 350 g/mol. The third-order valence-electron chi connectivity index (χ3n) is 4.92. The molecule has 1 aliphatic heterocycles. The highest BCUT2D eigenvalue weighted by Gasteiger charge is 2.27. The van der Waals surface area contributed by atoms with Gasteiger partial charge in [0.1, 0.15) is 11.4 Å². The Bertz CT molecular complexity index is 934. The standard InChI is InChI=1S/C19H22N6O/c1-23(2)17-11-14(6-8-20-17)15-5-3-9-24(13-15)19(26)16-12-22-25-10-4-7-21-18(16)25/h4,6-8,10-12,15H,3,5,9,13H2,1-2H3/t15-/m0/s1. The van der Waals surface area contributed by atoms with Crippen LogP contribution in [0.15, 0.2) is 43.0 Å². The predicted octanol–water partition coefficient (Wildman–Crippen LogP) is 2.21. The van der Waals surface area contributed by atoms with Crippen molar-refractivity contribution in [3.8, 4) is 0 Å². The highest BCUT2D eigenvalue weighted by atomic mass is 16.2. The fourth-order valence-electron chi connectivity index (χ4n) is 3.51. The molecule has 0 aromatic carbocycles. The molecule has 0 saturated carbocycles. The first-order chi connectivity index (χ1) is 12.6. The fourth-order valence-corrected chi connectivity index (χ4v) is 3.51. The minimum absolute atomic E-state index is 0.00490. The second-order valence-corrected chi connectivity index (χ2v) is 6.88. The van der Waals surface area contributed by atoms with Gasteiger partial charge in [-0.3, -0.25) is 4.79 Å². The summed E-state index contributed by atoms with van der Waals surface area (Å²) in [5, 5.41) is 4.24. The molecule has 0 aliphatic carbocycles. The summed E-state index contributed by atoms with van der Waals surface area (Å²) in [7, 11) is 3.97. The maximum Gasteiger partial charge on any atom is 0.259 e. The van der Waals surface area contributed by atoms with E-state index >= 15 is 0 Å². The SMILES string of the molecule is CN(C)c1cc([C@H]2CCCN(C(=O)c3cnn4cccnc34)C2)ccn1. The van der Waals surface area contributed by atoms with Crippen LogP contribution in [0.1, 0.15) is 34.7 Å². The van der Waals surface area contributed by atoms with Crippen LogP contribution >= 0.6 is 0 Å². The molecule has 26 heavy (non-hydrogen) atoms. The van der Waals surface area contributed by atoms with Gasteiger partial charge in [0, 0.05) is 51.7 Å². The first-order valence-electron chi connectivity index (χ1n) is 8.84. The van der Waals surface area contributed by atoms with Crippen molar-refractivity contribution in [3.05, 3.63) is 54.1 Å². The molecule has 0 unspecified atom stereocenters. The molecule has 134 valence electrons. The molecule has 1 amide bonds. The number of fused-ring (bicyclic) bond motifs is 1. The molecule has 3 aromatic heterocycles. The molecule has 3 aromatic rings. The number of amides is 1. The number of carbonyl (C=O) groups excluding carboxylic acids is 1. The maximum absolute atomic E-state index is 13.0. The van der Waals surface area contributed by atoms with E-state index in [0.717, 1.165) is 25.2 Å². The van der Waals surface area contributed by atoms with Gasteiger partial charge in [-0.05, 0) is 36.6 Å². The molecule has 7 heteroatoms. The van der Waals surface area contributed by atoms with Crippen molar-refractivity contribution in [2.24, 2.45) is 0 Å². The summed E-state index contributed by atoms with van der Waals surface area (Å²) < 4.78 is 1.64. The summed E-state index contributed by atoms with van der Waals surface area (Å²) in [6.45, 7) is 1.48. The Kier molecular flexibility index (Phi) is 4.28. The highest BCUT2D eigenvalue weighted by Crippen LogP contribution is 2.29. The lowest BCUT2D eigenvalue weighted by Crippen LogP contribution is -2.39. The van der Waals surface area contributed by atoms with Gasteiger partial charge in [-0.15, -0.1) is 0 Å². The Hall–Kier alpha value is -2.96. The quantitative estimate of drug-likeness (QED) is 0.724. The smallest absolute Gasteiger partial charge is 0.259 e. The number of carbonyl (C=O) groups is 1. The largest absolute Gasteiger partial charge is 0.363 e. The van der Waals surface area contributed by atoms with Gasteiger partial charge in [0.05, 0.1) is 6.20 Å². The van der Waals surface area contributed by atoms with E-state index in [0.29, 0.717) is 23.7 Å². The second-order valence-electron chi connectivity index (χ2n) is 6.88. The van der Waals surface area contributed by atoms with Crippen molar-refractivity contribution >= 4 is 17.4 Å². The van der Waals surface area contributed by atoms with Crippen molar-refractivity contribution in [1.29, 1.82) is 0 Å². The third kappa shape index (κ3) is 3.00. The predicted molar refractivity (Wildman–Crippen MR) is 99.4 cm³/mol. The van der Waals surface area contributed by atoms with Gasteiger partial charge in [-0.1, -0.05) is 0 Å². The van der Waals surface area contributed by atoms with Crippen LogP contribution in [0.25, 0.3) is 5.65 Å². The van der Waals surface area contributed by atoms with Crippen LogP contribution in [-0.2, 0) is 0 Å². The minimum Gasteiger partial charge on any atom is -0.363 e. The number of pyridine rings is 1. The third-order valence-corrected chi connectivity index (χ3v) is 4.92. The Morgan fingerprint density at radius 2 is 2.15 bits per heavy atom. The van der Waals surface area contributed by atoms with Crippen LogP contribution in [0.3, 0.4) is 0 Å². The molecule has 4 rings (SSSR count). The van der Waals surface area contributed by atoms with Crippen LogP contribution < -0.4 is 4.90 Å². The molecule has 0 N–H and O–H groups in total. The van der Waals surface area contributed by atoms with Crippen LogP contribution in [0.5, 0.6) is 0 Å². The Morgan fingerprint density at radius 1 is 1.27 bits per heavy atom. The highest BCUT2D eigenvalue weighted by molar-refractivity contribution is 5.99. The summed E-state index contributed by atoms with van der Waals surface area (Å²) in [6, 6.07) is 5.98. The van der Waals surface area contributed by atoms with Crippen LogP contribution in [-0.4, -0.2) is 57.6 Å². The summed E-state index contributed by atoms with van der Waals surface area (Å²) in [4.78, 5) is 25.7. The van der Waals surface area contributed by atoms with Gasteiger partial charge >= 0.3 is 0 Å². The molecular weight excluding hydrogens is 328 g/mol. The van der Waals surface area contributed by atoms with Gasteiger partial charge in [0.25, 0.3) is 5.91 Å². The van der Waals surface area contributed by atoms with Crippen LogP contribution in [0.4, 0.5) is 5.82 Å². The van der Waals surface area contributed by atoms with Crippen molar-refractivity contribution in [2.45, 2.75) is 18.8 Å². The second kappa shape index (κ2) is 6.74. The van der Waals surface area contributed by atoms with E-state index in [4.69, 9.17) is 0 Å². The van der Waals surface area contributed by atoms with Gasteiger partial charge in [-0.25, -0.2) is 14.5 Å². The van der Waals surface area contributed by atoms with Gasteiger partial charge < -0.3 is 9.80 Å². The first-order valence-corrected chi connectivity index (χ1v) is 8.84. The summed E-state index contributed by atoms with van der Waals surface area (Å²) in [5.41, 5.74) is 2.41. The average Bonchev–Trinajstić information content (AvgIpc) is 3.12. The Labute approximate surface area is 152 Å². The number of anilines is 1. The molecule has 0 bridgehead atoms. The Morgan fingerprint density at radius 3 is 3.00 bits per heavy atom. The zero-order valence-electron chi connectivity index (χ0n) is 15.0. The molecular formula is C19H22N6O. The van der Waals surface area contributed by atoms with Crippen molar-refractivity contribution in [3.63, 3.8) is 0 Å². The molecule has 4 heterocycles. The molecule has 1 atom stereocenters. The van der Waals surface area contributed by atoms with E-state index in [-0.39, 0.29) is 5.91 Å². The normalized spacial score (nSPS) is 17.5. The van der Waals surface area contributed by atoms with Crippen molar-refractivity contribution in [2.75, 3.05) is 32.1 Å². The zero-order valence-corrected chi connectivity index (χ0v) is 15.0. The van der Waals surface area contributed by atoms with Crippen LogP contribution in [0.2, 0.25) is 0 Å². The number of piperidine rings is 1. The van der Waals surface area contributed by atoms with Gasteiger partial charge in [-0.2, -0.15) is 5.10 Å². The molecule has 1 saturated heterocycles. The fraction of sp³-hybridized carbons (Fsp3) is 0.368. The van der Waals surface area contributed by atoms with E-state index in [1.807, 2.05) is 30.1 Å². The van der Waals surface area contributed by atoms with Gasteiger partial charge in [0.2, 0.25) is 0 Å². The summed E-state index contributed by atoms with van der Waals surface area (Å²) in [5.74, 6) is 1.27. The molecule has 1 aliphatic rings. The van der Waals surface area contributed by atoms with E-state index < -0.39 is 0 Å². The van der Waals surface area contributed by atoms with E-state index in [9.17, 15) is 4.79 Å². The van der Waals surface area contributed by atoms with Crippen molar-refractivity contribution < 1.29 is 4.79 Å². The van der Waals surface area contributed by atoms with Gasteiger partial charge in [0.15, 0.2) is 5.65 Å². The lowest BCUT2D eigenvalue weighted by Gasteiger charge is -2.33. The minimum atomic E-state index is 0.00490. The monoisotopic (exact) mass is 350 g/mol. The van der Waals surface area contributed by atoms with Crippen LogP contribution in [0, 0.1) is 0 Å². The van der Waals surface area contributed by atoms with E-state index in [2.05, 4.69) is 27.2 Å². The summed E-state index contributed by atoms with van der Waals surface area (Å²) in [6.07, 6.45) is 9.02. The molecule has 1 fully saturated rings. The lowest BCUT2D eigenvalue weighted by molar-refractivity contribution is 0.0709. The lowest BCUT2D eigenvalue weighted by atomic mass is 9.91. The topological polar surface area (TPSA) is 66.6 Å². The number of hydrogen-bond acceptors (Lipinski definition) is 5. The number of nitrogens with zero attached hydrogens (tertiary/aromatic N) is 6. The summed E-state index contributed by atoms with van der Waals surface area (Å²) >= 11 is 0. The molecule has 0 spiro atoms. The first kappa shape index (κ1) is 16.5. The maximum atomic E-state index is 13.0. The number of rotatable bonds is 3. The number of hydrogen-bond donors (Lipinski definition) is 0. The zero-order chi connectivity index (χ0) is 18.1. The molecule has 7 nitrogen and oxygen atoms in total. The van der Waals surface area contributed by atoms with E-state index in [1.165, 1.54) is 5.56 Å².